The van der Waals surface area contributed by atoms with Crippen LogP contribution < -0.4 is 18.1 Å². The van der Waals surface area contributed by atoms with Crippen molar-refractivity contribution in [2.45, 2.75) is 39.0 Å². The smallest absolute Gasteiger partial charge is 0.102 e. The topological polar surface area (TPSA) is 66.5 Å². The van der Waals surface area contributed by atoms with Gasteiger partial charge in [-0.25, -0.2) is 0 Å². The van der Waals surface area contributed by atoms with Gasteiger partial charge in [-0.15, -0.1) is 0 Å². The summed E-state index contributed by atoms with van der Waals surface area (Å²) in [6, 6.07) is 8.12. The Morgan fingerprint density at radius 1 is 0.870 bits per heavy atom. The molecule has 0 aromatic heterocycles. The number of unbranched alkanes of at least 4 members (excludes halogenated alkanes) is 1. The molecular formula is C18H33ClN2O2. The highest BCUT2D eigenvalue weighted by atomic mass is 35.5. The zero-order chi connectivity index (χ0) is 16.3. The van der Waals surface area contributed by atoms with Crippen molar-refractivity contribution in [1.29, 1.82) is 0 Å². The third-order valence-electron chi connectivity index (χ3n) is 4.39. The van der Waals surface area contributed by atoms with Crippen LogP contribution in [0.5, 0.6) is 0 Å². The third kappa shape index (κ3) is 8.56. The van der Waals surface area contributed by atoms with Gasteiger partial charge in [0.25, 0.3) is 0 Å². The van der Waals surface area contributed by atoms with E-state index < -0.39 is 0 Å². The first kappa shape index (κ1) is 22.2. The van der Waals surface area contributed by atoms with Gasteiger partial charge in [-0.05, 0) is 43.4 Å². The van der Waals surface area contributed by atoms with E-state index in [1.807, 2.05) is 12.1 Å². The molecule has 0 saturated heterocycles. The lowest BCUT2D eigenvalue weighted by molar-refractivity contribution is -0.929. The molecule has 0 radical (unpaired) electrons. The van der Waals surface area contributed by atoms with Gasteiger partial charge in [0.1, 0.15) is 6.54 Å². The molecule has 23 heavy (non-hydrogen) atoms. The Morgan fingerprint density at radius 2 is 1.52 bits per heavy atom. The fraction of sp³-hybridized carbons (Fsp3) is 0.667. The summed E-state index contributed by atoms with van der Waals surface area (Å²) < 4.78 is 0.940. The summed E-state index contributed by atoms with van der Waals surface area (Å²) in [6.45, 7) is 6.59. The standard InChI is InChI=1S/C18H33N2O2.ClH/c1-2-11-20(14-16-22,13-5-15-21)12-4-3-6-17-7-9-18(19)10-8-17;/h7-10,21-22H,2-6,11-16,19H2,1H3;1H/q+1;/p-1. The summed E-state index contributed by atoms with van der Waals surface area (Å²) in [7, 11) is 0. The first-order valence-corrected chi connectivity index (χ1v) is 8.57. The molecule has 4 N–H and O–H groups in total. The number of hydrogen-bond acceptors (Lipinski definition) is 3. The maximum atomic E-state index is 9.40. The molecule has 1 unspecified atom stereocenters. The molecule has 0 spiro atoms. The Morgan fingerprint density at radius 3 is 2.09 bits per heavy atom. The summed E-state index contributed by atoms with van der Waals surface area (Å²) >= 11 is 0. The maximum absolute atomic E-state index is 9.40. The van der Waals surface area contributed by atoms with Gasteiger partial charge in [0.15, 0.2) is 0 Å². The predicted octanol–water partition coefficient (Wildman–Crippen LogP) is -0.803. The summed E-state index contributed by atoms with van der Waals surface area (Å²) in [5, 5.41) is 18.5. The zero-order valence-corrected chi connectivity index (χ0v) is 15.1. The van der Waals surface area contributed by atoms with Crippen molar-refractivity contribution in [3.8, 4) is 0 Å². The average molecular weight is 345 g/mol. The van der Waals surface area contributed by atoms with Gasteiger partial charge in [-0.2, -0.15) is 0 Å². The van der Waals surface area contributed by atoms with Crippen LogP contribution in [0, 0.1) is 0 Å². The molecule has 0 amide bonds. The zero-order valence-electron chi connectivity index (χ0n) is 14.4. The molecule has 1 rings (SSSR count). The van der Waals surface area contributed by atoms with Crippen molar-refractivity contribution in [2.75, 3.05) is 45.1 Å². The second kappa shape index (κ2) is 12.6. The van der Waals surface area contributed by atoms with E-state index in [0.717, 1.165) is 68.5 Å². The van der Waals surface area contributed by atoms with Gasteiger partial charge in [0.2, 0.25) is 0 Å². The summed E-state index contributed by atoms with van der Waals surface area (Å²) in [5.74, 6) is 0. The molecule has 1 aromatic carbocycles. The molecule has 1 atom stereocenters. The Hall–Kier alpha value is -0.810. The molecule has 0 saturated carbocycles. The van der Waals surface area contributed by atoms with Crippen molar-refractivity contribution < 1.29 is 27.1 Å². The number of benzene rings is 1. The second-order valence-corrected chi connectivity index (χ2v) is 6.24. The van der Waals surface area contributed by atoms with E-state index in [2.05, 4.69) is 19.1 Å². The molecular weight excluding hydrogens is 312 g/mol. The van der Waals surface area contributed by atoms with E-state index in [1.54, 1.807) is 0 Å². The van der Waals surface area contributed by atoms with Crippen LogP contribution in [0.15, 0.2) is 24.3 Å². The highest BCUT2D eigenvalue weighted by Gasteiger charge is 2.24. The number of anilines is 1. The normalized spacial score (nSPS) is 13.3. The largest absolute Gasteiger partial charge is 1.00 e. The number of aliphatic hydroxyl groups is 2. The predicted molar refractivity (Wildman–Crippen MR) is 92.6 cm³/mol. The van der Waals surface area contributed by atoms with E-state index in [0.29, 0.717) is 0 Å². The molecule has 0 aliphatic carbocycles. The lowest BCUT2D eigenvalue weighted by Gasteiger charge is -2.38. The minimum atomic E-state index is 0. The van der Waals surface area contributed by atoms with Gasteiger partial charge in [-0.1, -0.05) is 19.1 Å². The molecule has 1 aromatic rings. The lowest BCUT2D eigenvalue weighted by Crippen LogP contribution is -3.00. The van der Waals surface area contributed by atoms with Crippen molar-refractivity contribution in [1.82, 2.24) is 0 Å². The van der Waals surface area contributed by atoms with E-state index in [4.69, 9.17) is 10.8 Å². The number of aliphatic hydroxyl groups excluding tert-OH is 2. The molecule has 4 nitrogen and oxygen atoms in total. The van der Waals surface area contributed by atoms with Crippen LogP contribution in [-0.2, 0) is 6.42 Å². The molecule has 0 fully saturated rings. The molecule has 0 bridgehead atoms. The van der Waals surface area contributed by atoms with Gasteiger partial charge >= 0.3 is 0 Å². The Bertz CT molecular complexity index is 393. The first-order chi connectivity index (χ1) is 10.7. The van der Waals surface area contributed by atoms with Crippen LogP contribution in [0.25, 0.3) is 0 Å². The van der Waals surface area contributed by atoms with Crippen molar-refractivity contribution in [2.24, 2.45) is 0 Å². The Balaban J connectivity index is 0.00000484. The van der Waals surface area contributed by atoms with Crippen LogP contribution in [0.1, 0.15) is 38.2 Å². The first-order valence-electron chi connectivity index (χ1n) is 8.57. The number of aryl methyl sites for hydroxylation is 1. The number of halogens is 1. The summed E-state index contributed by atoms with van der Waals surface area (Å²) in [4.78, 5) is 0. The monoisotopic (exact) mass is 344 g/mol. The lowest BCUT2D eigenvalue weighted by atomic mass is 10.1. The minimum absolute atomic E-state index is 0. The van der Waals surface area contributed by atoms with Crippen LogP contribution in [0.2, 0.25) is 0 Å². The molecule has 5 heteroatoms. The summed E-state index contributed by atoms with van der Waals surface area (Å²) in [5.41, 5.74) is 7.85. The van der Waals surface area contributed by atoms with Gasteiger partial charge in [0, 0.05) is 18.7 Å². The number of quaternary nitrogens is 1. The number of nitrogens with zero attached hydrogens (tertiary/aromatic N) is 1. The van der Waals surface area contributed by atoms with E-state index in [1.165, 1.54) is 5.56 Å². The Kier molecular flexibility index (Phi) is 12.1. The van der Waals surface area contributed by atoms with Crippen LogP contribution in [0.4, 0.5) is 5.69 Å². The number of nitrogen functional groups attached to an aromatic ring is 1. The summed E-state index contributed by atoms with van der Waals surface area (Å²) in [6.07, 6.45) is 5.31. The van der Waals surface area contributed by atoms with Crippen molar-refractivity contribution >= 4 is 5.69 Å². The Labute approximate surface area is 147 Å². The number of nitrogens with two attached hydrogens (primary N) is 1. The van der Waals surface area contributed by atoms with Crippen molar-refractivity contribution in [3.63, 3.8) is 0 Å². The highest BCUT2D eigenvalue weighted by molar-refractivity contribution is 5.39. The van der Waals surface area contributed by atoms with Crippen LogP contribution in [0.3, 0.4) is 0 Å². The SMILES string of the molecule is CCC[N+](CCO)(CCCO)CCCCc1ccc(N)cc1.[Cl-]. The quantitative estimate of drug-likeness (QED) is 0.264. The van der Waals surface area contributed by atoms with E-state index in [-0.39, 0.29) is 25.6 Å². The number of rotatable bonds is 12. The molecule has 134 valence electrons. The maximum Gasteiger partial charge on any atom is 0.102 e. The van der Waals surface area contributed by atoms with Crippen LogP contribution in [-0.4, -0.2) is 54.1 Å². The molecule has 0 aliphatic heterocycles. The fourth-order valence-electron chi connectivity index (χ4n) is 3.22. The third-order valence-corrected chi connectivity index (χ3v) is 4.39. The fourth-order valence-corrected chi connectivity index (χ4v) is 3.22. The second-order valence-electron chi connectivity index (χ2n) is 6.24. The average Bonchev–Trinajstić information content (AvgIpc) is 2.52. The van der Waals surface area contributed by atoms with Crippen LogP contribution >= 0.6 is 0 Å². The minimum Gasteiger partial charge on any atom is -1.00 e. The van der Waals surface area contributed by atoms with Gasteiger partial charge < -0.3 is 32.8 Å². The van der Waals surface area contributed by atoms with E-state index in [9.17, 15) is 5.11 Å². The highest BCUT2D eigenvalue weighted by Crippen LogP contribution is 2.14. The van der Waals surface area contributed by atoms with Gasteiger partial charge in [-0.3, -0.25) is 0 Å². The van der Waals surface area contributed by atoms with Gasteiger partial charge in [0.05, 0.1) is 26.2 Å². The van der Waals surface area contributed by atoms with Crippen molar-refractivity contribution in [3.05, 3.63) is 29.8 Å². The van der Waals surface area contributed by atoms with E-state index >= 15 is 0 Å². The number of hydrogen-bond donors (Lipinski definition) is 3. The molecule has 0 aliphatic rings. The molecule has 0 heterocycles.